The van der Waals surface area contributed by atoms with Crippen LogP contribution in [0.5, 0.6) is 0 Å². The maximum Gasteiger partial charge on any atom is 0.228 e. The summed E-state index contributed by atoms with van der Waals surface area (Å²) in [7, 11) is 0. The number of nitrogens with zero attached hydrogens (tertiary/aromatic N) is 2. The standard InChI is InChI=1S/C15H21BrN4O2.2ClH/c16-12-3-4-13(18-10-12)19-15(22)11-5-8-20(9-6-11)14(21)2-1-7-17;;/h3-4,10-11H,1-2,5-9,17H2,(H,18,19,22);2*1H. The molecular formula is C15H23BrCl2N4O2. The number of hydrogen-bond donors (Lipinski definition) is 2. The molecule has 1 aromatic rings. The molecule has 0 aromatic carbocycles. The third-order valence-corrected chi connectivity index (χ3v) is 4.26. The van der Waals surface area contributed by atoms with Crippen molar-refractivity contribution in [2.24, 2.45) is 11.7 Å². The predicted octanol–water partition coefficient (Wildman–Crippen LogP) is 2.60. The Kier molecular flexibility index (Phi) is 11.2. The zero-order valence-corrected chi connectivity index (χ0v) is 16.5. The second kappa shape index (κ2) is 11.6. The summed E-state index contributed by atoms with van der Waals surface area (Å²) in [6, 6.07) is 3.59. The van der Waals surface area contributed by atoms with E-state index in [1.54, 1.807) is 12.3 Å². The van der Waals surface area contributed by atoms with Gasteiger partial charge in [0, 0.05) is 36.1 Å². The van der Waals surface area contributed by atoms with Crippen LogP contribution >= 0.6 is 40.7 Å². The van der Waals surface area contributed by atoms with E-state index in [2.05, 4.69) is 26.2 Å². The van der Waals surface area contributed by atoms with E-state index in [9.17, 15) is 9.59 Å². The van der Waals surface area contributed by atoms with Crippen molar-refractivity contribution in [2.45, 2.75) is 25.7 Å². The van der Waals surface area contributed by atoms with E-state index in [-0.39, 0.29) is 42.5 Å². The summed E-state index contributed by atoms with van der Waals surface area (Å²) in [5.74, 6) is 0.599. The summed E-state index contributed by atoms with van der Waals surface area (Å²) in [6.45, 7) is 1.80. The molecule has 0 bridgehead atoms. The van der Waals surface area contributed by atoms with Crippen molar-refractivity contribution in [3.8, 4) is 0 Å². The Bertz CT molecular complexity index is 523. The number of carbonyl (C=O) groups is 2. The molecule has 1 fully saturated rings. The van der Waals surface area contributed by atoms with E-state index in [1.807, 2.05) is 11.0 Å². The second-order valence-electron chi connectivity index (χ2n) is 5.40. The van der Waals surface area contributed by atoms with Gasteiger partial charge in [-0.15, -0.1) is 24.8 Å². The molecule has 2 rings (SSSR count). The van der Waals surface area contributed by atoms with Crippen LogP contribution in [0.1, 0.15) is 25.7 Å². The van der Waals surface area contributed by atoms with Crippen molar-refractivity contribution in [2.75, 3.05) is 25.0 Å². The van der Waals surface area contributed by atoms with Gasteiger partial charge in [0.2, 0.25) is 11.8 Å². The van der Waals surface area contributed by atoms with Crippen molar-refractivity contribution < 1.29 is 9.59 Å². The van der Waals surface area contributed by atoms with Gasteiger partial charge >= 0.3 is 0 Å². The summed E-state index contributed by atoms with van der Waals surface area (Å²) >= 11 is 3.31. The fourth-order valence-electron chi connectivity index (χ4n) is 2.48. The monoisotopic (exact) mass is 440 g/mol. The minimum absolute atomic E-state index is 0. The van der Waals surface area contributed by atoms with E-state index in [0.29, 0.717) is 51.1 Å². The minimum Gasteiger partial charge on any atom is -0.343 e. The number of likely N-dealkylation sites (tertiary alicyclic amines) is 1. The van der Waals surface area contributed by atoms with Crippen LogP contribution in [-0.2, 0) is 9.59 Å². The summed E-state index contributed by atoms with van der Waals surface area (Å²) < 4.78 is 0.870. The highest BCUT2D eigenvalue weighted by Gasteiger charge is 2.27. The van der Waals surface area contributed by atoms with Crippen molar-refractivity contribution in [3.63, 3.8) is 0 Å². The van der Waals surface area contributed by atoms with Gasteiger partial charge in [0.05, 0.1) is 0 Å². The first-order valence-corrected chi connectivity index (χ1v) is 8.29. The molecule has 1 aliphatic rings. The van der Waals surface area contributed by atoms with E-state index in [4.69, 9.17) is 5.73 Å². The van der Waals surface area contributed by atoms with Crippen LogP contribution in [0.15, 0.2) is 22.8 Å². The Morgan fingerprint density at radius 3 is 2.50 bits per heavy atom. The van der Waals surface area contributed by atoms with Gasteiger partial charge in [-0.2, -0.15) is 0 Å². The number of hydrogen-bond acceptors (Lipinski definition) is 4. The molecule has 0 spiro atoms. The summed E-state index contributed by atoms with van der Waals surface area (Å²) in [5, 5.41) is 2.83. The van der Waals surface area contributed by atoms with E-state index in [1.165, 1.54) is 0 Å². The maximum atomic E-state index is 12.2. The van der Waals surface area contributed by atoms with Gasteiger partial charge in [-0.25, -0.2) is 4.98 Å². The average Bonchev–Trinajstić information content (AvgIpc) is 2.55. The highest BCUT2D eigenvalue weighted by atomic mass is 79.9. The average molecular weight is 442 g/mol. The number of anilines is 1. The molecule has 0 radical (unpaired) electrons. The minimum atomic E-state index is -0.0657. The molecule has 24 heavy (non-hydrogen) atoms. The molecule has 6 nitrogen and oxygen atoms in total. The highest BCUT2D eigenvalue weighted by Crippen LogP contribution is 2.20. The molecule has 9 heteroatoms. The van der Waals surface area contributed by atoms with Crippen molar-refractivity contribution in [3.05, 3.63) is 22.8 Å². The zero-order valence-electron chi connectivity index (χ0n) is 13.2. The molecule has 0 atom stereocenters. The smallest absolute Gasteiger partial charge is 0.228 e. The van der Waals surface area contributed by atoms with Gasteiger partial charge in [-0.1, -0.05) is 0 Å². The molecule has 1 aromatic heterocycles. The molecular weight excluding hydrogens is 419 g/mol. The number of aromatic nitrogens is 1. The second-order valence-corrected chi connectivity index (χ2v) is 6.31. The van der Waals surface area contributed by atoms with Crippen molar-refractivity contribution >= 4 is 58.4 Å². The van der Waals surface area contributed by atoms with Crippen LogP contribution in [0.4, 0.5) is 5.82 Å². The van der Waals surface area contributed by atoms with Crippen molar-refractivity contribution in [1.29, 1.82) is 0 Å². The largest absolute Gasteiger partial charge is 0.343 e. The third kappa shape index (κ3) is 6.93. The van der Waals surface area contributed by atoms with Gasteiger partial charge in [0.15, 0.2) is 0 Å². The number of rotatable bonds is 5. The number of carbonyl (C=O) groups excluding carboxylic acids is 2. The summed E-state index contributed by atoms with van der Waals surface area (Å²) in [5.41, 5.74) is 5.42. The number of piperidine rings is 1. The Labute approximate surface area is 162 Å². The Balaban J connectivity index is 0.00000264. The van der Waals surface area contributed by atoms with Crippen LogP contribution in [0.3, 0.4) is 0 Å². The van der Waals surface area contributed by atoms with Gasteiger partial charge in [0.1, 0.15) is 5.82 Å². The van der Waals surface area contributed by atoms with E-state index < -0.39 is 0 Å². The Morgan fingerprint density at radius 1 is 1.29 bits per heavy atom. The first-order valence-electron chi connectivity index (χ1n) is 7.50. The number of nitrogens with two attached hydrogens (primary N) is 1. The van der Waals surface area contributed by atoms with Crippen LogP contribution in [0, 0.1) is 5.92 Å². The highest BCUT2D eigenvalue weighted by molar-refractivity contribution is 9.10. The summed E-state index contributed by atoms with van der Waals surface area (Å²) in [4.78, 5) is 30.1. The molecule has 1 aliphatic heterocycles. The lowest BCUT2D eigenvalue weighted by molar-refractivity contribution is -0.134. The molecule has 2 amide bonds. The fraction of sp³-hybridized carbons (Fsp3) is 0.533. The van der Waals surface area contributed by atoms with Crippen LogP contribution in [0.25, 0.3) is 0 Å². The SMILES string of the molecule is Cl.Cl.NCCCC(=O)N1CCC(C(=O)Nc2ccc(Br)cn2)CC1. The first kappa shape index (κ1) is 23.1. The van der Waals surface area contributed by atoms with E-state index >= 15 is 0 Å². The van der Waals surface area contributed by atoms with E-state index in [0.717, 1.165) is 4.47 Å². The van der Waals surface area contributed by atoms with Gasteiger partial charge in [0.25, 0.3) is 0 Å². The maximum absolute atomic E-state index is 12.2. The molecule has 136 valence electrons. The third-order valence-electron chi connectivity index (χ3n) is 3.79. The summed E-state index contributed by atoms with van der Waals surface area (Å²) in [6.07, 6.45) is 4.24. The van der Waals surface area contributed by atoms with Gasteiger partial charge in [-0.05, 0) is 53.9 Å². The van der Waals surface area contributed by atoms with Crippen LogP contribution in [0.2, 0.25) is 0 Å². The normalized spacial score (nSPS) is 14.3. The zero-order chi connectivity index (χ0) is 15.9. The van der Waals surface area contributed by atoms with Gasteiger partial charge in [-0.3, -0.25) is 9.59 Å². The molecule has 1 saturated heterocycles. The number of nitrogens with one attached hydrogen (secondary N) is 1. The molecule has 0 saturated carbocycles. The topological polar surface area (TPSA) is 88.3 Å². The number of amides is 2. The van der Waals surface area contributed by atoms with Gasteiger partial charge < -0.3 is 16.0 Å². The lowest BCUT2D eigenvalue weighted by Gasteiger charge is -2.31. The lowest BCUT2D eigenvalue weighted by atomic mass is 9.95. The predicted molar refractivity (Wildman–Crippen MR) is 103 cm³/mol. The number of halogens is 3. The molecule has 0 unspecified atom stereocenters. The molecule has 2 heterocycles. The van der Waals surface area contributed by atoms with Crippen LogP contribution in [-0.4, -0.2) is 41.3 Å². The van der Waals surface area contributed by atoms with Crippen LogP contribution < -0.4 is 11.1 Å². The first-order chi connectivity index (χ1) is 10.6. The molecule has 3 N–H and O–H groups in total. The van der Waals surface area contributed by atoms with Crippen molar-refractivity contribution in [1.82, 2.24) is 9.88 Å². The lowest BCUT2D eigenvalue weighted by Crippen LogP contribution is -2.41. The Morgan fingerprint density at radius 2 is 1.96 bits per heavy atom. The molecule has 0 aliphatic carbocycles. The quantitative estimate of drug-likeness (QED) is 0.734. The fourth-order valence-corrected chi connectivity index (χ4v) is 2.72. The Hall–Kier alpha value is -0.890. The number of pyridine rings is 1.